The highest BCUT2D eigenvalue weighted by Gasteiger charge is 2.23. The molecule has 3 aromatic rings. The first-order valence-corrected chi connectivity index (χ1v) is 10.4. The highest BCUT2D eigenvalue weighted by Crippen LogP contribution is 2.25. The van der Waals surface area contributed by atoms with Crippen LogP contribution in [0.25, 0.3) is 0 Å². The fourth-order valence-electron chi connectivity index (χ4n) is 3.50. The maximum Gasteiger partial charge on any atom is 0.342 e. The first-order valence-electron chi connectivity index (χ1n) is 10.4. The largest absolute Gasteiger partial charge is 0.456 e. The Kier molecular flexibility index (Phi) is 6.65. The normalized spacial score (nSPS) is 13.5. The molecule has 0 unspecified atom stereocenters. The Labute approximate surface area is 185 Å². The van der Waals surface area contributed by atoms with E-state index in [1.54, 1.807) is 53.4 Å². The van der Waals surface area contributed by atoms with Crippen molar-refractivity contribution >= 4 is 17.6 Å². The van der Waals surface area contributed by atoms with E-state index in [9.17, 15) is 14.0 Å². The number of amides is 1. The summed E-state index contributed by atoms with van der Waals surface area (Å²) in [5.41, 5.74) is 1.17. The van der Waals surface area contributed by atoms with Crippen LogP contribution in [0, 0.1) is 5.82 Å². The molecule has 4 rings (SSSR count). The number of anilines is 1. The van der Waals surface area contributed by atoms with Crippen molar-refractivity contribution in [2.75, 3.05) is 37.7 Å². The predicted molar refractivity (Wildman–Crippen MR) is 118 cm³/mol. The van der Waals surface area contributed by atoms with E-state index in [2.05, 4.69) is 4.90 Å². The van der Waals surface area contributed by atoms with Crippen LogP contribution in [0.1, 0.15) is 10.4 Å². The van der Waals surface area contributed by atoms with Crippen LogP contribution < -0.4 is 9.64 Å². The molecule has 0 spiro atoms. The van der Waals surface area contributed by atoms with E-state index in [-0.39, 0.29) is 23.9 Å². The van der Waals surface area contributed by atoms with Gasteiger partial charge in [-0.3, -0.25) is 4.79 Å². The summed E-state index contributed by atoms with van der Waals surface area (Å²) in [6.45, 7) is 1.91. The zero-order valence-electron chi connectivity index (χ0n) is 17.4. The molecule has 1 amide bonds. The molecule has 0 N–H and O–H groups in total. The number of para-hydroxylation sites is 2. The van der Waals surface area contributed by atoms with Crippen molar-refractivity contribution in [1.29, 1.82) is 0 Å². The number of benzene rings is 3. The zero-order valence-corrected chi connectivity index (χ0v) is 17.4. The molecule has 0 atom stereocenters. The van der Waals surface area contributed by atoms with E-state index in [4.69, 9.17) is 9.47 Å². The Hall–Kier alpha value is -3.87. The van der Waals surface area contributed by atoms with E-state index < -0.39 is 5.97 Å². The molecule has 0 aromatic heterocycles. The Bertz CT molecular complexity index is 1060. The summed E-state index contributed by atoms with van der Waals surface area (Å²) in [5, 5.41) is 0. The van der Waals surface area contributed by atoms with Crippen LogP contribution in [0.3, 0.4) is 0 Å². The second kappa shape index (κ2) is 9.96. The molecular formula is C25H23FN2O4. The molecule has 7 heteroatoms. The summed E-state index contributed by atoms with van der Waals surface area (Å²) in [5.74, 6) is -0.180. The molecule has 1 saturated heterocycles. The number of carbonyl (C=O) groups excluding carboxylic acids is 2. The van der Waals surface area contributed by atoms with Gasteiger partial charge in [0.2, 0.25) is 0 Å². The zero-order chi connectivity index (χ0) is 22.3. The standard InChI is InChI=1S/C25H23FN2O4/c26-19-10-12-20(13-11-19)27-14-16-28(17-15-27)24(29)18-31-25(30)22-8-4-5-9-23(22)32-21-6-2-1-3-7-21/h1-13H,14-18H2. The minimum atomic E-state index is -0.616. The summed E-state index contributed by atoms with van der Waals surface area (Å²) in [7, 11) is 0. The summed E-state index contributed by atoms with van der Waals surface area (Å²) in [4.78, 5) is 28.9. The number of ether oxygens (including phenoxy) is 2. The smallest absolute Gasteiger partial charge is 0.342 e. The number of rotatable bonds is 6. The second-order valence-corrected chi connectivity index (χ2v) is 7.33. The fourth-order valence-corrected chi connectivity index (χ4v) is 3.50. The Balaban J connectivity index is 1.30. The Morgan fingerprint density at radius 3 is 2.19 bits per heavy atom. The lowest BCUT2D eigenvalue weighted by Crippen LogP contribution is -2.49. The van der Waals surface area contributed by atoms with Crippen LogP contribution in [-0.2, 0) is 9.53 Å². The SMILES string of the molecule is O=C(OCC(=O)N1CCN(c2ccc(F)cc2)CC1)c1ccccc1Oc1ccccc1. The molecule has 0 bridgehead atoms. The van der Waals surface area contributed by atoms with Gasteiger partial charge in [-0.25, -0.2) is 9.18 Å². The first-order chi connectivity index (χ1) is 15.6. The van der Waals surface area contributed by atoms with Crippen molar-refractivity contribution in [2.45, 2.75) is 0 Å². The van der Waals surface area contributed by atoms with Gasteiger partial charge in [-0.05, 0) is 48.5 Å². The second-order valence-electron chi connectivity index (χ2n) is 7.33. The quantitative estimate of drug-likeness (QED) is 0.546. The van der Waals surface area contributed by atoms with Gasteiger partial charge in [0.15, 0.2) is 6.61 Å². The lowest BCUT2D eigenvalue weighted by atomic mass is 10.2. The fraction of sp³-hybridized carbons (Fsp3) is 0.200. The third kappa shape index (κ3) is 5.24. The first kappa shape index (κ1) is 21.4. The number of hydrogen-bond donors (Lipinski definition) is 0. The van der Waals surface area contributed by atoms with E-state index in [0.717, 1.165) is 5.69 Å². The van der Waals surface area contributed by atoms with Gasteiger partial charge in [0.25, 0.3) is 5.91 Å². The van der Waals surface area contributed by atoms with E-state index >= 15 is 0 Å². The number of nitrogens with zero attached hydrogens (tertiary/aromatic N) is 2. The lowest BCUT2D eigenvalue weighted by molar-refractivity contribution is -0.134. The molecular weight excluding hydrogens is 411 g/mol. The Morgan fingerprint density at radius 1 is 0.812 bits per heavy atom. The lowest BCUT2D eigenvalue weighted by Gasteiger charge is -2.36. The van der Waals surface area contributed by atoms with Crippen LogP contribution in [-0.4, -0.2) is 49.6 Å². The minimum Gasteiger partial charge on any atom is -0.456 e. The molecule has 1 aliphatic heterocycles. The van der Waals surface area contributed by atoms with Gasteiger partial charge in [-0.15, -0.1) is 0 Å². The van der Waals surface area contributed by atoms with Crippen LogP contribution in [0.5, 0.6) is 11.5 Å². The van der Waals surface area contributed by atoms with Crippen molar-refractivity contribution in [3.8, 4) is 11.5 Å². The Morgan fingerprint density at radius 2 is 1.47 bits per heavy atom. The highest BCUT2D eigenvalue weighted by atomic mass is 19.1. The van der Waals surface area contributed by atoms with Gasteiger partial charge in [0.1, 0.15) is 22.9 Å². The van der Waals surface area contributed by atoms with E-state index in [1.165, 1.54) is 12.1 Å². The van der Waals surface area contributed by atoms with Gasteiger partial charge in [-0.2, -0.15) is 0 Å². The molecule has 3 aromatic carbocycles. The van der Waals surface area contributed by atoms with Gasteiger partial charge in [0, 0.05) is 31.9 Å². The maximum atomic E-state index is 13.1. The average molecular weight is 434 g/mol. The molecule has 164 valence electrons. The summed E-state index contributed by atoms with van der Waals surface area (Å²) < 4.78 is 24.2. The predicted octanol–water partition coefficient (Wildman–Crippen LogP) is 4.12. The van der Waals surface area contributed by atoms with E-state index in [0.29, 0.717) is 37.7 Å². The van der Waals surface area contributed by atoms with Crippen LogP contribution in [0.2, 0.25) is 0 Å². The molecule has 1 aliphatic rings. The molecule has 0 radical (unpaired) electrons. The van der Waals surface area contributed by atoms with Crippen LogP contribution in [0.4, 0.5) is 10.1 Å². The van der Waals surface area contributed by atoms with Gasteiger partial charge in [-0.1, -0.05) is 30.3 Å². The number of piperazine rings is 1. The summed E-state index contributed by atoms with van der Waals surface area (Å²) in [6, 6.07) is 22.2. The number of hydrogen-bond acceptors (Lipinski definition) is 5. The van der Waals surface area contributed by atoms with Crippen molar-refractivity contribution in [3.05, 3.63) is 90.2 Å². The van der Waals surface area contributed by atoms with Crippen molar-refractivity contribution < 1.29 is 23.5 Å². The van der Waals surface area contributed by atoms with Gasteiger partial charge < -0.3 is 19.3 Å². The molecule has 0 aliphatic carbocycles. The van der Waals surface area contributed by atoms with Crippen LogP contribution >= 0.6 is 0 Å². The van der Waals surface area contributed by atoms with Gasteiger partial charge in [0.05, 0.1) is 0 Å². The van der Waals surface area contributed by atoms with Gasteiger partial charge >= 0.3 is 5.97 Å². The highest BCUT2D eigenvalue weighted by molar-refractivity contribution is 5.94. The van der Waals surface area contributed by atoms with Crippen LogP contribution in [0.15, 0.2) is 78.9 Å². The third-order valence-electron chi connectivity index (χ3n) is 5.23. The van der Waals surface area contributed by atoms with Crippen molar-refractivity contribution in [1.82, 2.24) is 4.90 Å². The summed E-state index contributed by atoms with van der Waals surface area (Å²) >= 11 is 0. The number of halogens is 1. The molecule has 0 saturated carbocycles. The topological polar surface area (TPSA) is 59.1 Å². The monoisotopic (exact) mass is 434 g/mol. The summed E-state index contributed by atoms with van der Waals surface area (Å²) in [6.07, 6.45) is 0. The number of carbonyl (C=O) groups is 2. The number of esters is 1. The third-order valence-corrected chi connectivity index (χ3v) is 5.23. The molecule has 6 nitrogen and oxygen atoms in total. The average Bonchev–Trinajstić information content (AvgIpc) is 2.84. The molecule has 32 heavy (non-hydrogen) atoms. The molecule has 1 fully saturated rings. The van der Waals surface area contributed by atoms with E-state index in [1.807, 2.05) is 18.2 Å². The van der Waals surface area contributed by atoms with Crippen molar-refractivity contribution in [2.24, 2.45) is 0 Å². The van der Waals surface area contributed by atoms with Crippen molar-refractivity contribution in [3.63, 3.8) is 0 Å². The minimum absolute atomic E-state index is 0.251. The molecule has 1 heterocycles. The maximum absolute atomic E-state index is 13.1.